The van der Waals surface area contributed by atoms with E-state index in [-0.39, 0.29) is 18.2 Å². The van der Waals surface area contributed by atoms with Crippen LogP contribution in [-0.4, -0.2) is 24.0 Å². The Morgan fingerprint density at radius 2 is 1.74 bits per heavy atom. The van der Waals surface area contributed by atoms with Crippen molar-refractivity contribution in [2.24, 2.45) is 0 Å². The fraction of sp³-hybridized carbons (Fsp3) is 0.364. The predicted molar refractivity (Wildman–Crippen MR) is 107 cm³/mol. The minimum absolute atomic E-state index is 0.117. The summed E-state index contributed by atoms with van der Waals surface area (Å²) in [6.45, 7) is 9.76. The second-order valence-corrected chi connectivity index (χ2v) is 7.66. The van der Waals surface area contributed by atoms with E-state index in [9.17, 15) is 9.59 Å². The molecule has 0 radical (unpaired) electrons. The van der Waals surface area contributed by atoms with Gasteiger partial charge in [-0.15, -0.1) is 0 Å². The number of carbonyl (C=O) groups is 2. The van der Waals surface area contributed by atoms with E-state index >= 15 is 0 Å². The number of amides is 2. The number of hydrogen-bond acceptors (Lipinski definition) is 3. The number of ether oxygens (including phenoxy) is 1. The standard InChI is InChI=1S/C22H26N2O3/c1-14-6-8-17(16(3)12-14)23-20(25)10-11-24-18-13-15(2)7-9-19(18)27-22(4,5)21(24)26/h6-9,12-13H,10-11H2,1-5H3,(H,23,25). The van der Waals surface area contributed by atoms with Crippen molar-refractivity contribution in [3.8, 4) is 5.75 Å². The summed E-state index contributed by atoms with van der Waals surface area (Å²) in [6.07, 6.45) is 0.211. The molecule has 0 spiro atoms. The summed E-state index contributed by atoms with van der Waals surface area (Å²) < 4.78 is 5.85. The number of fused-ring (bicyclic) bond motifs is 1. The van der Waals surface area contributed by atoms with Crippen molar-refractivity contribution in [2.75, 3.05) is 16.8 Å². The molecule has 0 saturated carbocycles. The van der Waals surface area contributed by atoms with Gasteiger partial charge in [0.05, 0.1) is 5.69 Å². The third-order valence-corrected chi connectivity index (χ3v) is 4.75. The van der Waals surface area contributed by atoms with Crippen molar-refractivity contribution in [1.29, 1.82) is 0 Å². The van der Waals surface area contributed by atoms with Crippen LogP contribution in [-0.2, 0) is 9.59 Å². The van der Waals surface area contributed by atoms with Gasteiger partial charge < -0.3 is 15.0 Å². The highest BCUT2D eigenvalue weighted by molar-refractivity contribution is 6.03. The lowest BCUT2D eigenvalue weighted by Gasteiger charge is -2.38. The van der Waals surface area contributed by atoms with E-state index in [1.807, 2.05) is 57.2 Å². The average molecular weight is 366 g/mol. The molecule has 0 atom stereocenters. The van der Waals surface area contributed by atoms with Gasteiger partial charge in [0, 0.05) is 18.7 Å². The lowest BCUT2D eigenvalue weighted by atomic mass is 10.0. The molecule has 0 aliphatic carbocycles. The van der Waals surface area contributed by atoms with E-state index in [1.54, 1.807) is 18.7 Å². The number of carbonyl (C=O) groups excluding carboxylic acids is 2. The largest absolute Gasteiger partial charge is 0.476 e. The Balaban J connectivity index is 1.75. The molecule has 3 rings (SSSR count). The molecule has 0 bridgehead atoms. The second kappa shape index (κ2) is 7.06. The molecular weight excluding hydrogens is 340 g/mol. The summed E-state index contributed by atoms with van der Waals surface area (Å²) in [7, 11) is 0. The fourth-order valence-corrected chi connectivity index (χ4v) is 3.28. The number of anilines is 2. The SMILES string of the molecule is Cc1ccc(NC(=O)CCN2C(=O)C(C)(C)Oc3ccc(C)cc32)c(C)c1. The van der Waals surface area contributed by atoms with Crippen LogP contribution in [0.4, 0.5) is 11.4 Å². The van der Waals surface area contributed by atoms with Crippen molar-refractivity contribution < 1.29 is 14.3 Å². The minimum atomic E-state index is -0.952. The molecule has 1 heterocycles. The average Bonchev–Trinajstić information content (AvgIpc) is 2.58. The van der Waals surface area contributed by atoms with Gasteiger partial charge in [0.15, 0.2) is 5.60 Å². The molecule has 1 aliphatic rings. The quantitative estimate of drug-likeness (QED) is 0.884. The molecule has 1 N–H and O–H groups in total. The first-order valence-electron chi connectivity index (χ1n) is 9.16. The van der Waals surface area contributed by atoms with Crippen LogP contribution in [0.25, 0.3) is 0 Å². The molecule has 5 heteroatoms. The van der Waals surface area contributed by atoms with Gasteiger partial charge in [-0.2, -0.15) is 0 Å². The molecule has 2 aromatic carbocycles. The summed E-state index contributed by atoms with van der Waals surface area (Å²) >= 11 is 0. The Labute approximate surface area is 160 Å². The van der Waals surface area contributed by atoms with Crippen molar-refractivity contribution in [3.63, 3.8) is 0 Å². The zero-order valence-corrected chi connectivity index (χ0v) is 16.6. The third-order valence-electron chi connectivity index (χ3n) is 4.75. The summed E-state index contributed by atoms with van der Waals surface area (Å²) in [5.74, 6) is 0.410. The summed E-state index contributed by atoms with van der Waals surface area (Å²) in [5.41, 5.74) is 3.78. The van der Waals surface area contributed by atoms with Gasteiger partial charge in [0.1, 0.15) is 5.75 Å². The van der Waals surface area contributed by atoms with Gasteiger partial charge in [0.25, 0.3) is 5.91 Å². The molecular formula is C22H26N2O3. The highest BCUT2D eigenvalue weighted by Gasteiger charge is 2.40. The van der Waals surface area contributed by atoms with E-state index in [2.05, 4.69) is 5.32 Å². The maximum atomic E-state index is 12.9. The lowest BCUT2D eigenvalue weighted by Crippen LogP contribution is -2.53. The van der Waals surface area contributed by atoms with E-state index in [0.29, 0.717) is 12.3 Å². The maximum Gasteiger partial charge on any atom is 0.270 e. The fourth-order valence-electron chi connectivity index (χ4n) is 3.28. The molecule has 0 unspecified atom stereocenters. The normalized spacial score (nSPS) is 15.1. The maximum absolute atomic E-state index is 12.9. The van der Waals surface area contributed by atoms with E-state index in [1.165, 1.54) is 0 Å². The predicted octanol–water partition coefficient (Wildman–Crippen LogP) is 4.14. The topological polar surface area (TPSA) is 58.6 Å². The van der Waals surface area contributed by atoms with Crippen molar-refractivity contribution in [2.45, 2.75) is 46.6 Å². The van der Waals surface area contributed by atoms with Gasteiger partial charge in [-0.1, -0.05) is 23.8 Å². The molecule has 5 nitrogen and oxygen atoms in total. The Morgan fingerprint density at radius 1 is 1.07 bits per heavy atom. The zero-order valence-electron chi connectivity index (χ0n) is 16.6. The highest BCUT2D eigenvalue weighted by atomic mass is 16.5. The molecule has 2 amide bonds. The van der Waals surface area contributed by atoms with Gasteiger partial charge in [-0.25, -0.2) is 0 Å². The number of rotatable bonds is 4. The Kier molecular flexibility index (Phi) is 4.96. The first-order valence-corrected chi connectivity index (χ1v) is 9.16. The molecule has 0 fully saturated rings. The number of hydrogen-bond donors (Lipinski definition) is 1. The first-order chi connectivity index (χ1) is 12.7. The molecule has 142 valence electrons. The van der Waals surface area contributed by atoms with Crippen LogP contribution >= 0.6 is 0 Å². The second-order valence-electron chi connectivity index (χ2n) is 7.66. The number of nitrogens with zero attached hydrogens (tertiary/aromatic N) is 1. The van der Waals surface area contributed by atoms with E-state index in [4.69, 9.17) is 4.74 Å². The monoisotopic (exact) mass is 366 g/mol. The van der Waals surface area contributed by atoms with E-state index < -0.39 is 5.60 Å². The number of benzene rings is 2. The van der Waals surface area contributed by atoms with E-state index in [0.717, 1.165) is 28.1 Å². The smallest absolute Gasteiger partial charge is 0.270 e. The van der Waals surface area contributed by atoms with Crippen LogP contribution in [0, 0.1) is 20.8 Å². The van der Waals surface area contributed by atoms with Crippen LogP contribution < -0.4 is 15.0 Å². The van der Waals surface area contributed by atoms with Crippen LogP contribution in [0.2, 0.25) is 0 Å². The highest BCUT2D eigenvalue weighted by Crippen LogP contribution is 2.38. The van der Waals surface area contributed by atoms with Gasteiger partial charge in [-0.3, -0.25) is 9.59 Å². The van der Waals surface area contributed by atoms with Crippen molar-refractivity contribution in [1.82, 2.24) is 0 Å². The van der Waals surface area contributed by atoms with Gasteiger partial charge >= 0.3 is 0 Å². The summed E-state index contributed by atoms with van der Waals surface area (Å²) in [6, 6.07) is 11.7. The van der Waals surface area contributed by atoms with Crippen molar-refractivity contribution in [3.05, 3.63) is 53.1 Å². The van der Waals surface area contributed by atoms with Crippen LogP contribution in [0.1, 0.15) is 37.0 Å². The zero-order chi connectivity index (χ0) is 19.8. The van der Waals surface area contributed by atoms with Crippen LogP contribution in [0.3, 0.4) is 0 Å². The van der Waals surface area contributed by atoms with Crippen LogP contribution in [0.15, 0.2) is 36.4 Å². The minimum Gasteiger partial charge on any atom is -0.476 e. The van der Waals surface area contributed by atoms with Gasteiger partial charge in [0.2, 0.25) is 5.91 Å². The Morgan fingerprint density at radius 3 is 2.44 bits per heavy atom. The Bertz CT molecular complexity index is 902. The molecule has 2 aromatic rings. The van der Waals surface area contributed by atoms with Gasteiger partial charge in [-0.05, 0) is 63.9 Å². The third kappa shape index (κ3) is 3.97. The summed E-state index contributed by atoms with van der Waals surface area (Å²) in [5, 5.41) is 2.94. The molecule has 27 heavy (non-hydrogen) atoms. The molecule has 1 aliphatic heterocycles. The number of nitrogens with one attached hydrogen (secondary N) is 1. The Hall–Kier alpha value is -2.82. The van der Waals surface area contributed by atoms with Crippen LogP contribution in [0.5, 0.6) is 5.75 Å². The van der Waals surface area contributed by atoms with Crippen molar-refractivity contribution >= 4 is 23.2 Å². The molecule has 0 aromatic heterocycles. The number of aryl methyl sites for hydroxylation is 3. The molecule has 0 saturated heterocycles. The summed E-state index contributed by atoms with van der Waals surface area (Å²) in [4.78, 5) is 27.0. The first kappa shape index (κ1) is 19.0. The lowest BCUT2D eigenvalue weighted by molar-refractivity contribution is -0.132.